The summed E-state index contributed by atoms with van der Waals surface area (Å²) in [4.78, 5) is 11.1. The van der Waals surface area contributed by atoms with E-state index >= 15 is 0 Å². The van der Waals surface area contributed by atoms with E-state index in [1.807, 2.05) is 7.05 Å². The van der Waals surface area contributed by atoms with E-state index in [9.17, 15) is 4.79 Å². The molecule has 0 radical (unpaired) electrons. The second kappa shape index (κ2) is 5.95. The number of nitrogens with zero attached hydrogens (tertiary/aromatic N) is 5. The molecule has 0 saturated carbocycles. The van der Waals surface area contributed by atoms with Crippen LogP contribution in [-0.4, -0.2) is 50.5 Å². The number of hydrogen-bond acceptors (Lipinski definition) is 7. The highest BCUT2D eigenvalue weighted by atomic mass is 32.2. The Morgan fingerprint density at radius 3 is 2.75 bits per heavy atom. The topological polar surface area (TPSA) is 84.1 Å². The predicted molar refractivity (Wildman–Crippen MR) is 72.5 cm³/mol. The number of esters is 1. The lowest BCUT2D eigenvalue weighted by Crippen LogP contribution is -2.04. The molecule has 0 aliphatic carbocycles. The molecule has 2 aromatic rings. The molecule has 0 saturated heterocycles. The third kappa shape index (κ3) is 2.77. The van der Waals surface area contributed by atoms with Crippen molar-refractivity contribution >= 4 is 17.7 Å². The van der Waals surface area contributed by atoms with Crippen LogP contribution < -0.4 is 4.74 Å². The van der Waals surface area contributed by atoms with Crippen molar-refractivity contribution in [1.29, 1.82) is 0 Å². The van der Waals surface area contributed by atoms with Gasteiger partial charge in [-0.15, -0.1) is 15.3 Å². The molecule has 0 unspecified atom stereocenters. The second-order valence-corrected chi connectivity index (χ2v) is 4.90. The molecule has 0 fully saturated rings. The van der Waals surface area contributed by atoms with E-state index in [-0.39, 0.29) is 11.7 Å². The summed E-state index contributed by atoms with van der Waals surface area (Å²) in [6.45, 7) is 0. The van der Waals surface area contributed by atoms with Gasteiger partial charge in [-0.3, -0.25) is 9.48 Å². The van der Waals surface area contributed by atoms with Crippen molar-refractivity contribution in [2.45, 2.75) is 5.16 Å². The monoisotopic (exact) mass is 297 g/mol. The first-order valence-corrected chi connectivity index (χ1v) is 6.72. The van der Waals surface area contributed by atoms with Crippen LogP contribution in [0.3, 0.4) is 0 Å². The number of thioether (sulfide) groups is 1. The summed E-state index contributed by atoms with van der Waals surface area (Å²) in [6, 6.07) is 0. The average molecular weight is 297 g/mol. The summed E-state index contributed by atoms with van der Waals surface area (Å²) < 4.78 is 13.2. The molecule has 0 amide bonds. The smallest absolute Gasteiger partial charge is 0.316 e. The minimum Gasteiger partial charge on any atom is -0.479 e. The number of hydrogen-bond donors (Lipinski definition) is 0. The van der Waals surface area contributed by atoms with Crippen molar-refractivity contribution in [2.24, 2.45) is 14.1 Å². The fourth-order valence-corrected chi connectivity index (χ4v) is 2.37. The SMILES string of the molecule is COC(=O)CSc1nnc(-c2cn(C)nc2OC)n1C. The molecule has 0 bridgehead atoms. The second-order valence-electron chi connectivity index (χ2n) is 3.96. The van der Waals surface area contributed by atoms with Gasteiger partial charge in [0.2, 0.25) is 5.88 Å². The van der Waals surface area contributed by atoms with E-state index in [1.54, 1.807) is 29.6 Å². The Hall–Kier alpha value is -2.03. The molecule has 9 heteroatoms. The number of aryl methyl sites for hydroxylation is 1. The van der Waals surface area contributed by atoms with Crippen LogP contribution in [0.4, 0.5) is 0 Å². The van der Waals surface area contributed by atoms with Crippen LogP contribution in [0.25, 0.3) is 11.4 Å². The molecule has 20 heavy (non-hydrogen) atoms. The number of carbonyl (C=O) groups excluding carboxylic acids is 1. The quantitative estimate of drug-likeness (QED) is 0.586. The van der Waals surface area contributed by atoms with Crippen LogP contribution in [0.2, 0.25) is 0 Å². The summed E-state index contributed by atoms with van der Waals surface area (Å²) in [5.74, 6) is 0.987. The Balaban J connectivity index is 2.26. The predicted octanol–water partition coefficient (Wildman–Crippen LogP) is 0.489. The minimum atomic E-state index is -0.307. The molecular weight excluding hydrogens is 282 g/mol. The van der Waals surface area contributed by atoms with E-state index in [0.717, 1.165) is 5.56 Å². The van der Waals surface area contributed by atoms with Crippen molar-refractivity contribution < 1.29 is 14.3 Å². The highest BCUT2D eigenvalue weighted by Gasteiger charge is 2.18. The summed E-state index contributed by atoms with van der Waals surface area (Å²) in [5.41, 5.74) is 0.745. The third-order valence-corrected chi connectivity index (χ3v) is 3.60. The molecule has 0 atom stereocenters. The van der Waals surface area contributed by atoms with Crippen LogP contribution in [0.1, 0.15) is 0 Å². The van der Waals surface area contributed by atoms with Crippen molar-refractivity contribution in [1.82, 2.24) is 24.5 Å². The average Bonchev–Trinajstić information content (AvgIpc) is 2.98. The summed E-state index contributed by atoms with van der Waals surface area (Å²) in [5, 5.41) is 13.0. The van der Waals surface area contributed by atoms with Gasteiger partial charge in [0.25, 0.3) is 0 Å². The molecular formula is C11H15N5O3S. The lowest BCUT2D eigenvalue weighted by Gasteiger charge is -2.03. The van der Waals surface area contributed by atoms with Crippen LogP contribution >= 0.6 is 11.8 Å². The van der Waals surface area contributed by atoms with Gasteiger partial charge in [0, 0.05) is 20.3 Å². The Morgan fingerprint density at radius 2 is 2.10 bits per heavy atom. The number of ether oxygens (including phenoxy) is 2. The first-order valence-electron chi connectivity index (χ1n) is 5.73. The van der Waals surface area contributed by atoms with Gasteiger partial charge in [0.1, 0.15) is 5.56 Å². The largest absolute Gasteiger partial charge is 0.479 e. The number of rotatable bonds is 5. The van der Waals surface area contributed by atoms with Gasteiger partial charge < -0.3 is 14.0 Å². The lowest BCUT2D eigenvalue weighted by atomic mass is 10.3. The Morgan fingerprint density at radius 1 is 1.35 bits per heavy atom. The number of carbonyl (C=O) groups is 1. The van der Waals surface area contributed by atoms with Gasteiger partial charge in [-0.05, 0) is 0 Å². The maximum atomic E-state index is 11.1. The molecule has 0 aromatic carbocycles. The molecule has 108 valence electrons. The van der Waals surface area contributed by atoms with E-state index in [1.165, 1.54) is 18.9 Å². The minimum absolute atomic E-state index is 0.187. The van der Waals surface area contributed by atoms with Gasteiger partial charge >= 0.3 is 5.97 Å². The fourth-order valence-electron chi connectivity index (χ4n) is 1.63. The maximum absolute atomic E-state index is 11.1. The molecule has 8 nitrogen and oxygen atoms in total. The van der Waals surface area contributed by atoms with Crippen LogP contribution in [0.15, 0.2) is 11.4 Å². The van der Waals surface area contributed by atoms with Crippen LogP contribution in [-0.2, 0) is 23.6 Å². The highest BCUT2D eigenvalue weighted by Crippen LogP contribution is 2.28. The number of aromatic nitrogens is 5. The molecule has 2 heterocycles. The Bertz CT molecular complexity index is 622. The third-order valence-electron chi connectivity index (χ3n) is 2.61. The molecule has 0 aliphatic heterocycles. The highest BCUT2D eigenvalue weighted by molar-refractivity contribution is 7.99. The molecule has 0 aliphatic rings. The standard InChI is InChI=1S/C11H15N5O3S/c1-15-5-7(10(14-15)19-4)9-12-13-11(16(9)2)20-6-8(17)18-3/h5H,6H2,1-4H3. The van der Waals surface area contributed by atoms with Gasteiger partial charge in [-0.25, -0.2) is 0 Å². The first-order chi connectivity index (χ1) is 9.56. The van der Waals surface area contributed by atoms with Crippen molar-refractivity contribution in [2.75, 3.05) is 20.0 Å². The fraction of sp³-hybridized carbons (Fsp3) is 0.455. The Labute approximate surface area is 120 Å². The zero-order chi connectivity index (χ0) is 14.7. The van der Waals surface area contributed by atoms with Gasteiger partial charge in [0.05, 0.1) is 20.0 Å². The molecule has 2 aromatic heterocycles. The van der Waals surface area contributed by atoms with E-state index in [4.69, 9.17) is 4.74 Å². The zero-order valence-corrected chi connectivity index (χ0v) is 12.5. The molecule has 0 N–H and O–H groups in total. The Kier molecular flexibility index (Phi) is 4.28. The zero-order valence-electron chi connectivity index (χ0n) is 11.7. The summed E-state index contributed by atoms with van der Waals surface area (Å²) >= 11 is 1.26. The number of methoxy groups -OCH3 is 2. The van der Waals surface area contributed by atoms with Gasteiger partial charge in [0.15, 0.2) is 11.0 Å². The van der Waals surface area contributed by atoms with Gasteiger partial charge in [-0.1, -0.05) is 11.8 Å². The van der Waals surface area contributed by atoms with Gasteiger partial charge in [-0.2, -0.15) is 0 Å². The van der Waals surface area contributed by atoms with E-state index in [2.05, 4.69) is 20.0 Å². The van der Waals surface area contributed by atoms with Crippen molar-refractivity contribution in [3.63, 3.8) is 0 Å². The molecule has 2 rings (SSSR count). The van der Waals surface area contributed by atoms with E-state index in [0.29, 0.717) is 16.9 Å². The maximum Gasteiger partial charge on any atom is 0.316 e. The normalized spacial score (nSPS) is 10.6. The first kappa shape index (κ1) is 14.4. The van der Waals surface area contributed by atoms with E-state index < -0.39 is 0 Å². The molecule has 0 spiro atoms. The van der Waals surface area contributed by atoms with Crippen molar-refractivity contribution in [3.05, 3.63) is 6.20 Å². The summed E-state index contributed by atoms with van der Waals surface area (Å²) in [6.07, 6.45) is 1.80. The van der Waals surface area contributed by atoms with Crippen LogP contribution in [0.5, 0.6) is 5.88 Å². The summed E-state index contributed by atoms with van der Waals surface area (Å²) in [7, 11) is 6.53. The van der Waals surface area contributed by atoms with Crippen LogP contribution in [0, 0.1) is 0 Å². The van der Waals surface area contributed by atoms with Crippen molar-refractivity contribution in [3.8, 4) is 17.3 Å². The lowest BCUT2D eigenvalue weighted by molar-refractivity contribution is -0.137.